The molecule has 1 aliphatic carbocycles. The molecule has 0 aliphatic heterocycles. The number of thiazole rings is 1. The summed E-state index contributed by atoms with van der Waals surface area (Å²) < 4.78 is 0. The first-order chi connectivity index (χ1) is 11.7. The van der Waals surface area contributed by atoms with Crippen molar-refractivity contribution < 1.29 is 9.59 Å². The summed E-state index contributed by atoms with van der Waals surface area (Å²) in [6.45, 7) is 0.634. The van der Waals surface area contributed by atoms with Gasteiger partial charge < -0.3 is 10.6 Å². The first-order valence-corrected chi connectivity index (χ1v) is 10.0. The lowest BCUT2D eigenvalue weighted by molar-refractivity contribution is -0.120. The lowest BCUT2D eigenvalue weighted by Gasteiger charge is -2.07. The van der Waals surface area contributed by atoms with E-state index >= 15 is 0 Å². The van der Waals surface area contributed by atoms with Crippen molar-refractivity contribution in [3.05, 3.63) is 33.5 Å². The molecule has 0 radical (unpaired) electrons. The number of carbonyl (C=O) groups is 2. The van der Waals surface area contributed by atoms with Crippen LogP contribution in [0, 0.1) is 5.92 Å². The van der Waals surface area contributed by atoms with Gasteiger partial charge in [0.05, 0.1) is 12.1 Å². The van der Waals surface area contributed by atoms with Gasteiger partial charge in [0.2, 0.25) is 11.8 Å². The monoisotopic (exact) mass is 363 g/mol. The molecule has 0 unspecified atom stereocenters. The molecule has 2 N–H and O–H groups in total. The standard InChI is InChI=1S/C17H21N3O2S2/c21-15(18-8-7-14-6-3-9-23-14)10-13-11-24-17(19-13)20-16(22)12-4-1-2-5-12/h3,6,9,11-12H,1-2,4-5,7-8,10H2,(H,18,21)(H,19,20,22). The molecule has 2 aromatic heterocycles. The van der Waals surface area contributed by atoms with Gasteiger partial charge in [-0.3, -0.25) is 9.59 Å². The molecular weight excluding hydrogens is 342 g/mol. The Morgan fingerprint density at radius 2 is 2.08 bits per heavy atom. The van der Waals surface area contributed by atoms with Crippen molar-refractivity contribution in [2.24, 2.45) is 5.92 Å². The lowest BCUT2D eigenvalue weighted by Crippen LogP contribution is -2.27. The molecule has 0 aromatic carbocycles. The highest BCUT2D eigenvalue weighted by atomic mass is 32.1. The van der Waals surface area contributed by atoms with E-state index in [1.54, 1.807) is 11.3 Å². The van der Waals surface area contributed by atoms with E-state index in [0.29, 0.717) is 17.4 Å². The van der Waals surface area contributed by atoms with Crippen LogP contribution in [0.2, 0.25) is 0 Å². The summed E-state index contributed by atoms with van der Waals surface area (Å²) in [6, 6.07) is 4.08. The second-order valence-corrected chi connectivity index (χ2v) is 7.86. The lowest BCUT2D eigenvalue weighted by atomic mass is 10.1. The highest BCUT2D eigenvalue weighted by Gasteiger charge is 2.23. The molecule has 2 heterocycles. The van der Waals surface area contributed by atoms with E-state index in [4.69, 9.17) is 0 Å². The van der Waals surface area contributed by atoms with E-state index in [9.17, 15) is 9.59 Å². The van der Waals surface area contributed by atoms with Crippen molar-refractivity contribution in [3.8, 4) is 0 Å². The molecule has 0 spiro atoms. The Bertz CT molecular complexity index is 676. The molecule has 0 bridgehead atoms. The topological polar surface area (TPSA) is 71.1 Å². The third-order valence-corrected chi connectivity index (χ3v) is 5.87. The van der Waals surface area contributed by atoms with Crippen molar-refractivity contribution >= 4 is 39.6 Å². The molecule has 5 nitrogen and oxygen atoms in total. The molecule has 7 heteroatoms. The summed E-state index contributed by atoms with van der Waals surface area (Å²) in [7, 11) is 0. The van der Waals surface area contributed by atoms with Gasteiger partial charge >= 0.3 is 0 Å². The molecule has 2 aromatic rings. The van der Waals surface area contributed by atoms with Gasteiger partial charge in [0.1, 0.15) is 0 Å². The van der Waals surface area contributed by atoms with Gasteiger partial charge in [-0.1, -0.05) is 18.9 Å². The molecule has 0 saturated heterocycles. The molecule has 1 saturated carbocycles. The number of hydrogen-bond acceptors (Lipinski definition) is 5. The van der Waals surface area contributed by atoms with Crippen LogP contribution in [0.4, 0.5) is 5.13 Å². The third-order valence-electron chi connectivity index (χ3n) is 4.12. The van der Waals surface area contributed by atoms with Crippen LogP contribution >= 0.6 is 22.7 Å². The minimum atomic E-state index is -0.0366. The number of rotatable bonds is 7. The molecule has 2 amide bonds. The summed E-state index contributed by atoms with van der Waals surface area (Å²) in [5.41, 5.74) is 0.704. The van der Waals surface area contributed by atoms with Crippen LogP contribution in [0.1, 0.15) is 36.3 Å². The number of amides is 2. The van der Waals surface area contributed by atoms with Gasteiger partial charge in [0.15, 0.2) is 5.13 Å². The van der Waals surface area contributed by atoms with E-state index in [-0.39, 0.29) is 24.2 Å². The molecule has 0 atom stereocenters. The fraction of sp³-hybridized carbons (Fsp3) is 0.471. The van der Waals surface area contributed by atoms with Crippen LogP contribution < -0.4 is 10.6 Å². The fourth-order valence-electron chi connectivity index (χ4n) is 2.85. The highest BCUT2D eigenvalue weighted by Crippen LogP contribution is 2.26. The van der Waals surface area contributed by atoms with Crippen LogP contribution in [-0.2, 0) is 22.4 Å². The summed E-state index contributed by atoms with van der Waals surface area (Å²) in [5.74, 6) is 0.150. The maximum Gasteiger partial charge on any atom is 0.229 e. The quantitative estimate of drug-likeness (QED) is 0.793. The molecule has 3 rings (SSSR count). The largest absolute Gasteiger partial charge is 0.355 e. The van der Waals surface area contributed by atoms with Crippen molar-refractivity contribution in [1.82, 2.24) is 10.3 Å². The zero-order valence-electron chi connectivity index (χ0n) is 13.4. The number of nitrogens with one attached hydrogen (secondary N) is 2. The first-order valence-electron chi connectivity index (χ1n) is 8.25. The Balaban J connectivity index is 1.41. The van der Waals surface area contributed by atoms with Crippen LogP contribution in [-0.4, -0.2) is 23.3 Å². The number of hydrogen-bond donors (Lipinski definition) is 2. The van der Waals surface area contributed by atoms with Crippen LogP contribution in [0.25, 0.3) is 0 Å². The average Bonchev–Trinajstić information content (AvgIpc) is 3.30. The Kier molecular flexibility index (Phi) is 5.98. The van der Waals surface area contributed by atoms with Crippen LogP contribution in [0.5, 0.6) is 0 Å². The van der Waals surface area contributed by atoms with Crippen molar-refractivity contribution in [2.45, 2.75) is 38.5 Å². The molecule has 1 aliphatic rings. The zero-order chi connectivity index (χ0) is 16.8. The SMILES string of the molecule is O=C(Cc1csc(NC(=O)C2CCCC2)n1)NCCc1cccs1. The second-order valence-electron chi connectivity index (χ2n) is 5.97. The molecular formula is C17H21N3O2S2. The van der Waals surface area contributed by atoms with Gasteiger partial charge in [-0.25, -0.2) is 4.98 Å². The van der Waals surface area contributed by atoms with Crippen molar-refractivity contribution in [2.75, 3.05) is 11.9 Å². The van der Waals surface area contributed by atoms with Crippen molar-refractivity contribution in [1.29, 1.82) is 0 Å². The third kappa shape index (κ3) is 4.88. The second kappa shape index (κ2) is 8.39. The van der Waals surface area contributed by atoms with Crippen LogP contribution in [0.3, 0.4) is 0 Å². The first kappa shape index (κ1) is 17.1. The molecule has 1 fully saturated rings. The van der Waals surface area contributed by atoms with Gasteiger partial charge in [0.25, 0.3) is 0 Å². The highest BCUT2D eigenvalue weighted by molar-refractivity contribution is 7.14. The Hall–Kier alpha value is -1.73. The Labute approximate surface area is 149 Å². The number of nitrogens with zero attached hydrogens (tertiary/aromatic N) is 1. The predicted octanol–water partition coefficient (Wildman–Crippen LogP) is 3.23. The van der Waals surface area contributed by atoms with E-state index in [1.165, 1.54) is 16.2 Å². The summed E-state index contributed by atoms with van der Waals surface area (Å²) in [6.07, 6.45) is 5.30. The Morgan fingerprint density at radius 1 is 1.25 bits per heavy atom. The number of carbonyl (C=O) groups excluding carboxylic acids is 2. The normalized spacial score (nSPS) is 14.7. The number of aromatic nitrogens is 1. The van der Waals surface area contributed by atoms with E-state index in [2.05, 4.69) is 21.7 Å². The summed E-state index contributed by atoms with van der Waals surface area (Å²) in [5, 5.41) is 10.2. The summed E-state index contributed by atoms with van der Waals surface area (Å²) >= 11 is 3.07. The van der Waals surface area contributed by atoms with E-state index < -0.39 is 0 Å². The fourth-order valence-corrected chi connectivity index (χ4v) is 4.27. The number of anilines is 1. The minimum absolute atomic E-state index is 0.0366. The zero-order valence-corrected chi connectivity index (χ0v) is 15.0. The van der Waals surface area contributed by atoms with E-state index in [1.807, 2.05) is 16.8 Å². The van der Waals surface area contributed by atoms with E-state index in [0.717, 1.165) is 32.1 Å². The summed E-state index contributed by atoms with van der Waals surface area (Å²) in [4.78, 5) is 29.6. The van der Waals surface area contributed by atoms with Gasteiger partial charge in [-0.15, -0.1) is 22.7 Å². The maximum absolute atomic E-state index is 12.1. The molecule has 128 valence electrons. The van der Waals surface area contributed by atoms with Gasteiger partial charge in [0, 0.05) is 22.7 Å². The van der Waals surface area contributed by atoms with Crippen LogP contribution in [0.15, 0.2) is 22.9 Å². The number of thiophene rings is 1. The van der Waals surface area contributed by atoms with Crippen molar-refractivity contribution in [3.63, 3.8) is 0 Å². The molecule has 24 heavy (non-hydrogen) atoms. The van der Waals surface area contributed by atoms with Gasteiger partial charge in [-0.2, -0.15) is 0 Å². The average molecular weight is 364 g/mol. The van der Waals surface area contributed by atoms with Gasteiger partial charge in [-0.05, 0) is 30.7 Å². The predicted molar refractivity (Wildman–Crippen MR) is 97.4 cm³/mol. The minimum Gasteiger partial charge on any atom is -0.355 e. The smallest absolute Gasteiger partial charge is 0.229 e. The Morgan fingerprint density at radius 3 is 2.83 bits per heavy atom. The maximum atomic E-state index is 12.1.